The summed E-state index contributed by atoms with van der Waals surface area (Å²) in [6.07, 6.45) is 0.674. The fourth-order valence-electron chi connectivity index (χ4n) is 1.56. The van der Waals surface area contributed by atoms with E-state index in [0.29, 0.717) is 28.0 Å². The summed E-state index contributed by atoms with van der Waals surface area (Å²) >= 11 is 13.1. The number of rotatable bonds is 5. The zero-order chi connectivity index (χ0) is 13.8. The maximum atomic E-state index is 10.9. The van der Waals surface area contributed by atoms with E-state index in [4.69, 9.17) is 28.3 Å². The molecule has 0 amide bonds. The molecule has 100 valence electrons. The third-order valence-electron chi connectivity index (χ3n) is 2.47. The van der Waals surface area contributed by atoms with Crippen LogP contribution in [0.15, 0.2) is 23.7 Å². The normalized spacial score (nSPS) is 10.4. The van der Waals surface area contributed by atoms with Gasteiger partial charge in [-0.05, 0) is 24.1 Å². The van der Waals surface area contributed by atoms with Gasteiger partial charge in [-0.2, -0.15) is 0 Å². The molecule has 0 aliphatic heterocycles. The standard InChI is InChI=1S/C12H10Cl2N2O2S/c13-8-2-1-7(9(14)5-8)3-4-15-11-10(12(17)18)16-6-19-11/h1-2,5-6,15H,3-4H2,(H,17,18). The predicted octanol–water partition coefficient (Wildman–Crippen LogP) is 3.80. The first-order chi connectivity index (χ1) is 9.08. The van der Waals surface area contributed by atoms with Gasteiger partial charge >= 0.3 is 5.97 Å². The highest BCUT2D eigenvalue weighted by Crippen LogP contribution is 2.23. The van der Waals surface area contributed by atoms with Crippen molar-refractivity contribution in [3.63, 3.8) is 0 Å². The molecule has 2 rings (SSSR count). The van der Waals surface area contributed by atoms with Crippen molar-refractivity contribution >= 4 is 45.5 Å². The first kappa shape index (κ1) is 14.1. The number of hydrogen-bond donors (Lipinski definition) is 2. The van der Waals surface area contributed by atoms with Crippen LogP contribution in [0.5, 0.6) is 0 Å². The van der Waals surface area contributed by atoms with Gasteiger partial charge in [0, 0.05) is 16.6 Å². The molecule has 1 aromatic carbocycles. The second-order valence-electron chi connectivity index (χ2n) is 3.75. The van der Waals surface area contributed by atoms with Crippen LogP contribution in [-0.4, -0.2) is 22.6 Å². The van der Waals surface area contributed by atoms with Gasteiger partial charge in [0.05, 0.1) is 5.51 Å². The summed E-state index contributed by atoms with van der Waals surface area (Å²) in [5.74, 6) is -1.03. The Morgan fingerprint density at radius 3 is 2.89 bits per heavy atom. The smallest absolute Gasteiger partial charge is 0.357 e. The minimum Gasteiger partial charge on any atom is -0.476 e. The third-order valence-corrected chi connectivity index (χ3v) is 3.84. The monoisotopic (exact) mass is 316 g/mol. The second kappa shape index (κ2) is 6.23. The molecular weight excluding hydrogens is 307 g/mol. The molecular formula is C12H10Cl2N2O2S. The van der Waals surface area contributed by atoms with Crippen molar-refractivity contribution in [2.75, 3.05) is 11.9 Å². The summed E-state index contributed by atoms with van der Waals surface area (Å²) in [7, 11) is 0. The van der Waals surface area contributed by atoms with E-state index in [-0.39, 0.29) is 5.69 Å². The van der Waals surface area contributed by atoms with Crippen LogP contribution >= 0.6 is 34.5 Å². The van der Waals surface area contributed by atoms with Crippen molar-refractivity contribution in [3.05, 3.63) is 45.0 Å². The van der Waals surface area contributed by atoms with Gasteiger partial charge in [-0.3, -0.25) is 0 Å². The van der Waals surface area contributed by atoms with E-state index in [1.165, 1.54) is 16.8 Å². The predicted molar refractivity (Wildman–Crippen MR) is 77.7 cm³/mol. The van der Waals surface area contributed by atoms with Crippen molar-refractivity contribution in [2.45, 2.75) is 6.42 Å². The van der Waals surface area contributed by atoms with Gasteiger partial charge in [-0.1, -0.05) is 29.3 Å². The zero-order valence-electron chi connectivity index (χ0n) is 9.69. The number of halogens is 2. The molecule has 19 heavy (non-hydrogen) atoms. The van der Waals surface area contributed by atoms with Crippen LogP contribution in [0.4, 0.5) is 5.00 Å². The number of hydrogen-bond acceptors (Lipinski definition) is 4. The van der Waals surface area contributed by atoms with Crippen LogP contribution < -0.4 is 5.32 Å². The fourth-order valence-corrected chi connectivity index (χ4v) is 2.76. The molecule has 0 radical (unpaired) electrons. The molecule has 0 atom stereocenters. The first-order valence-corrected chi connectivity index (χ1v) is 7.06. The number of nitrogens with zero attached hydrogens (tertiary/aromatic N) is 1. The highest BCUT2D eigenvalue weighted by atomic mass is 35.5. The SMILES string of the molecule is O=C(O)c1ncsc1NCCc1ccc(Cl)cc1Cl. The summed E-state index contributed by atoms with van der Waals surface area (Å²) in [5.41, 5.74) is 2.51. The molecule has 7 heteroatoms. The van der Waals surface area contributed by atoms with Gasteiger partial charge in [0.2, 0.25) is 0 Å². The van der Waals surface area contributed by atoms with E-state index in [2.05, 4.69) is 10.3 Å². The number of aromatic nitrogens is 1. The first-order valence-electron chi connectivity index (χ1n) is 5.42. The van der Waals surface area contributed by atoms with Crippen LogP contribution in [-0.2, 0) is 6.42 Å². The quantitative estimate of drug-likeness (QED) is 0.880. The highest BCUT2D eigenvalue weighted by molar-refractivity contribution is 7.14. The molecule has 2 aromatic rings. The summed E-state index contributed by atoms with van der Waals surface area (Å²) in [5, 5.41) is 13.7. The molecule has 0 aliphatic carbocycles. The molecule has 0 fully saturated rings. The van der Waals surface area contributed by atoms with Crippen molar-refractivity contribution in [1.29, 1.82) is 0 Å². The van der Waals surface area contributed by atoms with Gasteiger partial charge in [0.1, 0.15) is 5.00 Å². The molecule has 1 aromatic heterocycles. The summed E-state index contributed by atoms with van der Waals surface area (Å²) in [6.45, 7) is 0.573. The Balaban J connectivity index is 1.96. The Morgan fingerprint density at radius 2 is 2.21 bits per heavy atom. The van der Waals surface area contributed by atoms with Crippen molar-refractivity contribution in [1.82, 2.24) is 4.98 Å². The third kappa shape index (κ3) is 3.59. The van der Waals surface area contributed by atoms with E-state index in [9.17, 15) is 4.79 Å². The number of carboxylic acid groups (broad SMARTS) is 1. The van der Waals surface area contributed by atoms with Crippen LogP contribution in [0, 0.1) is 0 Å². The molecule has 0 spiro atoms. The van der Waals surface area contributed by atoms with Crippen LogP contribution in [0.1, 0.15) is 16.1 Å². The average molecular weight is 317 g/mol. The van der Waals surface area contributed by atoms with E-state index < -0.39 is 5.97 Å². The van der Waals surface area contributed by atoms with E-state index in [0.717, 1.165) is 5.56 Å². The molecule has 0 unspecified atom stereocenters. The highest BCUT2D eigenvalue weighted by Gasteiger charge is 2.12. The van der Waals surface area contributed by atoms with Crippen LogP contribution in [0.25, 0.3) is 0 Å². The van der Waals surface area contributed by atoms with Gasteiger partial charge in [-0.25, -0.2) is 9.78 Å². The summed E-state index contributed by atoms with van der Waals surface area (Å²) in [4.78, 5) is 14.7. The Morgan fingerprint density at radius 1 is 1.42 bits per heavy atom. The largest absolute Gasteiger partial charge is 0.476 e. The lowest BCUT2D eigenvalue weighted by Gasteiger charge is -2.06. The number of anilines is 1. The molecule has 0 saturated carbocycles. The van der Waals surface area contributed by atoms with E-state index in [1.54, 1.807) is 12.1 Å². The molecule has 4 nitrogen and oxygen atoms in total. The number of carboxylic acids is 1. The van der Waals surface area contributed by atoms with E-state index in [1.807, 2.05) is 6.07 Å². The van der Waals surface area contributed by atoms with Gasteiger partial charge in [-0.15, -0.1) is 11.3 Å². The van der Waals surface area contributed by atoms with Crippen molar-refractivity contribution in [2.24, 2.45) is 0 Å². The maximum Gasteiger partial charge on any atom is 0.357 e. The minimum atomic E-state index is -1.03. The van der Waals surface area contributed by atoms with Crippen LogP contribution in [0.3, 0.4) is 0 Å². The molecule has 0 bridgehead atoms. The van der Waals surface area contributed by atoms with Crippen molar-refractivity contribution < 1.29 is 9.90 Å². The number of carbonyl (C=O) groups is 1. The van der Waals surface area contributed by atoms with Gasteiger partial charge in [0.25, 0.3) is 0 Å². The molecule has 1 heterocycles. The van der Waals surface area contributed by atoms with Crippen molar-refractivity contribution in [3.8, 4) is 0 Å². The Kier molecular flexibility index (Phi) is 4.63. The minimum absolute atomic E-state index is 0.0483. The summed E-state index contributed by atoms with van der Waals surface area (Å²) in [6, 6.07) is 5.32. The lowest BCUT2D eigenvalue weighted by molar-refractivity contribution is 0.0692. The Bertz CT molecular complexity index is 601. The number of thiazole rings is 1. The number of benzene rings is 1. The van der Waals surface area contributed by atoms with Gasteiger partial charge in [0.15, 0.2) is 5.69 Å². The number of aromatic carboxylic acids is 1. The molecule has 2 N–H and O–H groups in total. The second-order valence-corrected chi connectivity index (χ2v) is 5.45. The van der Waals surface area contributed by atoms with Gasteiger partial charge < -0.3 is 10.4 Å². The summed E-state index contributed by atoms with van der Waals surface area (Å²) < 4.78 is 0. The maximum absolute atomic E-state index is 10.9. The van der Waals surface area contributed by atoms with E-state index >= 15 is 0 Å². The number of nitrogens with one attached hydrogen (secondary N) is 1. The average Bonchev–Trinajstić information content (AvgIpc) is 2.80. The Hall–Kier alpha value is -1.30. The lowest BCUT2D eigenvalue weighted by Crippen LogP contribution is -2.08. The lowest BCUT2D eigenvalue weighted by atomic mass is 10.1. The molecule has 0 saturated heterocycles. The van der Waals surface area contributed by atoms with Crippen LogP contribution in [0.2, 0.25) is 10.0 Å². The topological polar surface area (TPSA) is 62.2 Å². The zero-order valence-corrected chi connectivity index (χ0v) is 12.0. The molecule has 0 aliphatic rings. The fraction of sp³-hybridized carbons (Fsp3) is 0.167. The Labute approximate surface area is 124 Å².